The Balaban J connectivity index is 1.87. The number of non-ortho nitro benzene ring substituents is 1. The maximum absolute atomic E-state index is 12.5. The number of nitro benzene ring substituents is 1. The Bertz CT molecular complexity index is 915. The molecule has 0 atom stereocenters. The van der Waals surface area contributed by atoms with Crippen LogP contribution in [0.15, 0.2) is 65.3 Å². The van der Waals surface area contributed by atoms with Gasteiger partial charge in [0.1, 0.15) is 0 Å². The summed E-state index contributed by atoms with van der Waals surface area (Å²) >= 11 is 0. The topological polar surface area (TPSA) is 92.9 Å². The number of amides is 2. The minimum Gasteiger partial charge on any atom is -0.267 e. The van der Waals surface area contributed by atoms with Gasteiger partial charge in [0.15, 0.2) is 0 Å². The Morgan fingerprint density at radius 3 is 2.36 bits per heavy atom. The molecule has 0 saturated carbocycles. The van der Waals surface area contributed by atoms with Crippen molar-refractivity contribution >= 4 is 29.3 Å². The molecule has 0 radical (unpaired) electrons. The van der Waals surface area contributed by atoms with E-state index in [1.54, 1.807) is 43.3 Å². The molecule has 3 rings (SSSR count). The number of nitro groups is 1. The number of benzene rings is 2. The molecule has 0 N–H and O–H groups in total. The highest BCUT2D eigenvalue weighted by atomic mass is 16.6. The van der Waals surface area contributed by atoms with Crippen molar-refractivity contribution in [2.75, 3.05) is 0 Å². The van der Waals surface area contributed by atoms with Gasteiger partial charge in [-0.1, -0.05) is 18.2 Å². The lowest BCUT2D eigenvalue weighted by atomic mass is 10.1. The van der Waals surface area contributed by atoms with Crippen LogP contribution in [0.25, 0.3) is 6.08 Å². The van der Waals surface area contributed by atoms with Crippen LogP contribution in [0.3, 0.4) is 0 Å². The summed E-state index contributed by atoms with van der Waals surface area (Å²) in [6.45, 7) is 1.63. The molecule has 2 aromatic rings. The predicted molar refractivity (Wildman–Crippen MR) is 91.8 cm³/mol. The monoisotopic (exact) mass is 335 g/mol. The van der Waals surface area contributed by atoms with Gasteiger partial charge in [-0.05, 0) is 42.8 Å². The van der Waals surface area contributed by atoms with E-state index in [4.69, 9.17) is 0 Å². The molecule has 0 unspecified atom stereocenters. The smallest absolute Gasteiger partial charge is 0.267 e. The molecule has 1 aliphatic rings. The lowest BCUT2D eigenvalue weighted by molar-refractivity contribution is -0.384. The molecule has 1 heterocycles. The van der Waals surface area contributed by atoms with Gasteiger partial charge in [-0.3, -0.25) is 19.7 Å². The Morgan fingerprint density at radius 2 is 1.76 bits per heavy atom. The Morgan fingerprint density at radius 1 is 1.12 bits per heavy atom. The van der Waals surface area contributed by atoms with E-state index in [-0.39, 0.29) is 11.3 Å². The number of hydrogen-bond donors (Lipinski definition) is 0. The van der Waals surface area contributed by atoms with E-state index >= 15 is 0 Å². The van der Waals surface area contributed by atoms with Gasteiger partial charge in [0, 0.05) is 17.7 Å². The van der Waals surface area contributed by atoms with Crippen LogP contribution in [0.5, 0.6) is 0 Å². The largest absolute Gasteiger partial charge is 0.283 e. The third-order valence-electron chi connectivity index (χ3n) is 3.69. The van der Waals surface area contributed by atoms with Crippen LogP contribution < -0.4 is 0 Å². The molecule has 7 heteroatoms. The predicted octanol–water partition coefficient (Wildman–Crippen LogP) is 3.04. The van der Waals surface area contributed by atoms with E-state index in [0.29, 0.717) is 16.8 Å². The number of carbonyl (C=O) groups is 2. The van der Waals surface area contributed by atoms with Crippen molar-refractivity contribution < 1.29 is 14.5 Å². The highest BCUT2D eigenvalue weighted by Gasteiger charge is 2.32. The van der Waals surface area contributed by atoms with Crippen molar-refractivity contribution in [3.63, 3.8) is 0 Å². The van der Waals surface area contributed by atoms with E-state index in [1.807, 2.05) is 0 Å². The van der Waals surface area contributed by atoms with Gasteiger partial charge in [-0.25, -0.2) is 0 Å². The van der Waals surface area contributed by atoms with Gasteiger partial charge in [-0.15, -0.1) is 0 Å². The fourth-order valence-electron chi connectivity index (χ4n) is 2.38. The molecule has 0 spiro atoms. The zero-order chi connectivity index (χ0) is 18.0. The molecule has 0 aromatic heterocycles. The Labute approximate surface area is 143 Å². The van der Waals surface area contributed by atoms with Gasteiger partial charge in [-0.2, -0.15) is 10.1 Å². The third kappa shape index (κ3) is 3.20. The molecule has 2 aromatic carbocycles. The summed E-state index contributed by atoms with van der Waals surface area (Å²) in [5, 5.41) is 15.6. The van der Waals surface area contributed by atoms with Crippen molar-refractivity contribution in [2.45, 2.75) is 6.92 Å². The van der Waals surface area contributed by atoms with Gasteiger partial charge in [0.25, 0.3) is 17.5 Å². The van der Waals surface area contributed by atoms with Crippen molar-refractivity contribution in [3.8, 4) is 0 Å². The Kier molecular flexibility index (Phi) is 4.21. The normalized spacial score (nSPS) is 15.4. The number of hydrazone groups is 1. The minimum absolute atomic E-state index is 0.0360. The van der Waals surface area contributed by atoms with Crippen molar-refractivity contribution in [1.29, 1.82) is 0 Å². The number of nitrogens with zero attached hydrogens (tertiary/aromatic N) is 3. The molecule has 0 saturated heterocycles. The van der Waals surface area contributed by atoms with E-state index < -0.39 is 16.7 Å². The van der Waals surface area contributed by atoms with Gasteiger partial charge in [0.2, 0.25) is 0 Å². The molecule has 2 amide bonds. The molecule has 1 aliphatic heterocycles. The number of carbonyl (C=O) groups excluding carboxylic acids is 2. The summed E-state index contributed by atoms with van der Waals surface area (Å²) in [6.07, 6.45) is 1.56. The molecule has 124 valence electrons. The number of imide groups is 1. The SMILES string of the molecule is CC1=NN(C(=O)c2ccccc2)C(=O)/C1=C/c1ccc([N+](=O)[O-])cc1. The highest BCUT2D eigenvalue weighted by Crippen LogP contribution is 2.21. The zero-order valence-electron chi connectivity index (χ0n) is 13.2. The first-order chi connectivity index (χ1) is 12.0. The molecular formula is C18H13N3O4. The second-order valence-corrected chi connectivity index (χ2v) is 5.38. The summed E-state index contributed by atoms with van der Waals surface area (Å²) < 4.78 is 0. The summed E-state index contributed by atoms with van der Waals surface area (Å²) in [5.41, 5.74) is 1.62. The van der Waals surface area contributed by atoms with Crippen LogP contribution in [-0.2, 0) is 4.79 Å². The van der Waals surface area contributed by atoms with E-state index in [9.17, 15) is 19.7 Å². The second-order valence-electron chi connectivity index (χ2n) is 5.38. The number of rotatable bonds is 3. The van der Waals surface area contributed by atoms with Crippen molar-refractivity contribution in [3.05, 3.63) is 81.4 Å². The summed E-state index contributed by atoms with van der Waals surface area (Å²) in [5.74, 6) is -1.03. The first kappa shape index (κ1) is 16.3. The van der Waals surface area contributed by atoms with E-state index in [0.717, 1.165) is 5.01 Å². The van der Waals surface area contributed by atoms with Crippen LogP contribution in [-0.4, -0.2) is 27.5 Å². The first-order valence-electron chi connectivity index (χ1n) is 7.43. The lowest BCUT2D eigenvalue weighted by Crippen LogP contribution is -2.29. The van der Waals surface area contributed by atoms with Crippen molar-refractivity contribution in [1.82, 2.24) is 5.01 Å². The lowest BCUT2D eigenvalue weighted by Gasteiger charge is -2.09. The van der Waals surface area contributed by atoms with Gasteiger partial charge >= 0.3 is 0 Å². The third-order valence-corrected chi connectivity index (χ3v) is 3.69. The minimum atomic E-state index is -0.523. The summed E-state index contributed by atoms with van der Waals surface area (Å²) in [7, 11) is 0. The zero-order valence-corrected chi connectivity index (χ0v) is 13.2. The maximum atomic E-state index is 12.5. The average molecular weight is 335 g/mol. The van der Waals surface area contributed by atoms with Crippen LogP contribution in [0.4, 0.5) is 5.69 Å². The fourth-order valence-corrected chi connectivity index (χ4v) is 2.38. The van der Waals surface area contributed by atoms with Crippen LogP contribution in [0.1, 0.15) is 22.8 Å². The van der Waals surface area contributed by atoms with Crippen molar-refractivity contribution in [2.24, 2.45) is 5.10 Å². The molecule has 7 nitrogen and oxygen atoms in total. The molecule has 25 heavy (non-hydrogen) atoms. The van der Waals surface area contributed by atoms with Crippen LogP contribution >= 0.6 is 0 Å². The first-order valence-corrected chi connectivity index (χ1v) is 7.43. The van der Waals surface area contributed by atoms with Gasteiger partial charge in [0.05, 0.1) is 16.2 Å². The quantitative estimate of drug-likeness (QED) is 0.373. The molecular weight excluding hydrogens is 322 g/mol. The molecule has 0 bridgehead atoms. The fraction of sp³-hybridized carbons (Fsp3) is 0.0556. The standard InChI is InChI=1S/C18H13N3O4/c1-12-16(11-13-7-9-15(10-8-13)21(24)25)18(23)20(19-12)17(22)14-5-3-2-4-6-14/h2-11H,1H3/b16-11+. The number of hydrogen-bond acceptors (Lipinski definition) is 5. The van der Waals surface area contributed by atoms with E-state index in [2.05, 4.69) is 5.10 Å². The highest BCUT2D eigenvalue weighted by molar-refractivity contribution is 6.30. The van der Waals surface area contributed by atoms with Crippen LogP contribution in [0, 0.1) is 10.1 Å². The van der Waals surface area contributed by atoms with Gasteiger partial charge < -0.3 is 0 Å². The summed E-state index contributed by atoms with van der Waals surface area (Å²) in [6, 6.07) is 14.2. The van der Waals surface area contributed by atoms with Crippen LogP contribution in [0.2, 0.25) is 0 Å². The Hall–Kier alpha value is -3.61. The molecule has 0 fully saturated rings. The maximum Gasteiger partial charge on any atom is 0.283 e. The second kappa shape index (κ2) is 6.48. The molecule has 0 aliphatic carbocycles. The average Bonchev–Trinajstić information content (AvgIpc) is 2.90. The van der Waals surface area contributed by atoms with E-state index in [1.165, 1.54) is 24.3 Å². The summed E-state index contributed by atoms with van der Waals surface area (Å²) in [4.78, 5) is 35.1.